The molecule has 1 aromatic carbocycles. The van der Waals surface area contributed by atoms with Crippen molar-refractivity contribution in [2.45, 2.75) is 36.2 Å². The first kappa shape index (κ1) is 13.4. The molecule has 3 unspecified atom stereocenters. The molecule has 0 radical (unpaired) electrons. The van der Waals surface area contributed by atoms with E-state index in [2.05, 4.69) is 12.1 Å². The van der Waals surface area contributed by atoms with Gasteiger partial charge in [-0.2, -0.15) is 5.26 Å². The van der Waals surface area contributed by atoms with E-state index in [9.17, 15) is 4.21 Å². The van der Waals surface area contributed by atoms with Gasteiger partial charge in [0.1, 0.15) is 11.8 Å². The number of rotatable bonds is 2. The van der Waals surface area contributed by atoms with Crippen molar-refractivity contribution in [3.05, 3.63) is 35.4 Å². The fraction of sp³-hybridized carbons (Fsp3) is 0.438. The minimum absolute atomic E-state index is 0.208. The number of allylic oxidation sites excluding steroid dienone is 1. The van der Waals surface area contributed by atoms with E-state index in [0.717, 1.165) is 24.8 Å². The van der Waals surface area contributed by atoms with Gasteiger partial charge in [0.15, 0.2) is 0 Å². The number of nitrogens with zero attached hydrogens (tertiary/aromatic N) is 1. The second-order valence-electron chi connectivity index (χ2n) is 5.34. The molecule has 2 aliphatic rings. The van der Waals surface area contributed by atoms with Crippen molar-refractivity contribution in [1.29, 1.82) is 5.26 Å². The van der Waals surface area contributed by atoms with Crippen LogP contribution in [0.5, 0.6) is 5.75 Å². The Kier molecular flexibility index (Phi) is 3.62. The molecule has 2 aliphatic heterocycles. The summed E-state index contributed by atoms with van der Waals surface area (Å²) in [6.45, 7) is 0. The predicted octanol–water partition coefficient (Wildman–Crippen LogP) is 3.02. The summed E-state index contributed by atoms with van der Waals surface area (Å²) in [7, 11) is 0.879. The quantitative estimate of drug-likeness (QED) is 0.840. The third-order valence-electron chi connectivity index (χ3n) is 4.17. The zero-order valence-electron chi connectivity index (χ0n) is 11.5. The van der Waals surface area contributed by atoms with Gasteiger partial charge in [0.2, 0.25) is 0 Å². The number of methoxy groups -OCH3 is 1. The van der Waals surface area contributed by atoms with E-state index in [-0.39, 0.29) is 5.25 Å². The molecule has 2 heterocycles. The van der Waals surface area contributed by atoms with Gasteiger partial charge in [-0.25, -0.2) is 0 Å². The molecule has 1 aromatic rings. The van der Waals surface area contributed by atoms with E-state index in [1.807, 2.05) is 12.1 Å². The lowest BCUT2D eigenvalue weighted by atomic mass is 9.92. The Balaban J connectivity index is 1.98. The summed E-state index contributed by atoms with van der Waals surface area (Å²) in [5.41, 5.74) is 2.90. The summed E-state index contributed by atoms with van der Waals surface area (Å²) in [6.07, 6.45) is 6.32. The van der Waals surface area contributed by atoms with Crippen LogP contribution in [0, 0.1) is 11.3 Å². The van der Waals surface area contributed by atoms with Crippen LogP contribution >= 0.6 is 0 Å². The minimum Gasteiger partial charge on any atom is -0.495 e. The monoisotopic (exact) mass is 287 g/mol. The van der Waals surface area contributed by atoms with Crippen molar-refractivity contribution in [1.82, 2.24) is 0 Å². The van der Waals surface area contributed by atoms with Crippen molar-refractivity contribution >= 4 is 16.4 Å². The van der Waals surface area contributed by atoms with Crippen LogP contribution in [0.4, 0.5) is 0 Å². The zero-order chi connectivity index (χ0) is 14.1. The summed E-state index contributed by atoms with van der Waals surface area (Å²) in [5, 5.41) is 9.54. The van der Waals surface area contributed by atoms with Crippen LogP contribution in [0.2, 0.25) is 0 Å². The maximum atomic E-state index is 12.2. The number of fused-ring (bicyclic) bond motifs is 2. The zero-order valence-corrected chi connectivity index (χ0v) is 12.3. The first-order chi connectivity index (χ1) is 9.72. The fourth-order valence-corrected chi connectivity index (χ4v) is 5.03. The van der Waals surface area contributed by atoms with Gasteiger partial charge in [-0.05, 0) is 42.5 Å². The van der Waals surface area contributed by atoms with Gasteiger partial charge in [0.25, 0.3) is 0 Å². The molecule has 0 aliphatic carbocycles. The minimum atomic E-state index is -0.704. The normalized spacial score (nSPS) is 28.4. The van der Waals surface area contributed by atoms with Crippen LogP contribution in [0.15, 0.2) is 24.3 Å². The molecule has 3 rings (SSSR count). The van der Waals surface area contributed by atoms with Gasteiger partial charge >= 0.3 is 0 Å². The van der Waals surface area contributed by atoms with Crippen LogP contribution in [0.3, 0.4) is 0 Å². The lowest BCUT2D eigenvalue weighted by molar-refractivity contribution is 0.413. The molecule has 3 atom stereocenters. The molecule has 1 saturated heterocycles. The highest BCUT2D eigenvalue weighted by molar-refractivity contribution is 7.86. The third kappa shape index (κ3) is 2.27. The average Bonchev–Trinajstić information content (AvgIpc) is 2.46. The van der Waals surface area contributed by atoms with E-state index < -0.39 is 10.8 Å². The van der Waals surface area contributed by atoms with Crippen LogP contribution in [0.1, 0.15) is 36.8 Å². The van der Waals surface area contributed by atoms with Crippen molar-refractivity contribution < 1.29 is 8.95 Å². The highest BCUT2D eigenvalue weighted by atomic mass is 32.2. The lowest BCUT2D eigenvalue weighted by Gasteiger charge is -2.33. The van der Waals surface area contributed by atoms with E-state index in [1.54, 1.807) is 13.2 Å². The molecule has 0 N–H and O–H groups in total. The fourth-order valence-electron chi connectivity index (χ4n) is 3.10. The molecule has 3 nitrogen and oxygen atoms in total. The summed E-state index contributed by atoms with van der Waals surface area (Å²) >= 11 is 0. The number of ether oxygens (including phenoxy) is 1. The third-order valence-corrected chi connectivity index (χ3v) is 6.20. The molecule has 104 valence electrons. The topological polar surface area (TPSA) is 50.1 Å². The van der Waals surface area contributed by atoms with Gasteiger partial charge < -0.3 is 4.74 Å². The van der Waals surface area contributed by atoms with E-state index in [0.29, 0.717) is 16.6 Å². The van der Waals surface area contributed by atoms with Gasteiger partial charge in [-0.1, -0.05) is 18.6 Å². The molecule has 1 fully saturated rings. The summed E-state index contributed by atoms with van der Waals surface area (Å²) in [5.74, 6) is 0.614. The number of hydrogen-bond acceptors (Lipinski definition) is 3. The lowest BCUT2D eigenvalue weighted by Crippen LogP contribution is -2.33. The molecular formula is C16H17NO2S. The summed E-state index contributed by atoms with van der Waals surface area (Å²) in [6, 6.07) is 7.83. The number of hydrogen-bond donors (Lipinski definition) is 0. The molecular weight excluding hydrogens is 270 g/mol. The van der Waals surface area contributed by atoms with Crippen molar-refractivity contribution in [3.8, 4) is 11.8 Å². The molecule has 20 heavy (non-hydrogen) atoms. The molecule has 4 heteroatoms. The second kappa shape index (κ2) is 5.41. The van der Waals surface area contributed by atoms with Gasteiger partial charge in [0, 0.05) is 16.0 Å². The van der Waals surface area contributed by atoms with Gasteiger partial charge in [0.05, 0.1) is 17.9 Å². The highest BCUT2D eigenvalue weighted by Crippen LogP contribution is 2.38. The predicted molar refractivity (Wildman–Crippen MR) is 79.9 cm³/mol. The molecule has 0 saturated carbocycles. The average molecular weight is 287 g/mol. The van der Waals surface area contributed by atoms with E-state index in [4.69, 9.17) is 10.00 Å². The maximum Gasteiger partial charge on any atom is 0.137 e. The van der Waals surface area contributed by atoms with Crippen LogP contribution in [-0.4, -0.2) is 21.8 Å². The molecule has 0 aromatic heterocycles. The first-order valence-electron chi connectivity index (χ1n) is 6.91. The maximum absolute atomic E-state index is 12.2. The summed E-state index contributed by atoms with van der Waals surface area (Å²) < 4.78 is 17.5. The van der Waals surface area contributed by atoms with E-state index >= 15 is 0 Å². The standard InChI is InChI=1S/C16H17NO2S/c1-19-16-9-11(5-6-12(16)10-17)13-7-14-3-2-4-15(8-13)20(14)18/h5-7,9,14-15H,2-4,8H2,1H3. The number of benzene rings is 1. The van der Waals surface area contributed by atoms with Gasteiger partial charge in [-0.15, -0.1) is 0 Å². The number of nitriles is 1. The van der Waals surface area contributed by atoms with Crippen molar-refractivity contribution in [2.75, 3.05) is 7.11 Å². The SMILES string of the molecule is COc1cc(C2=CC3CCCC(C2)S3=O)ccc1C#N. The smallest absolute Gasteiger partial charge is 0.137 e. The van der Waals surface area contributed by atoms with Crippen molar-refractivity contribution in [3.63, 3.8) is 0 Å². The summed E-state index contributed by atoms with van der Waals surface area (Å²) in [4.78, 5) is 0. The van der Waals surface area contributed by atoms with Crippen LogP contribution < -0.4 is 4.74 Å². The largest absolute Gasteiger partial charge is 0.495 e. The molecule has 0 amide bonds. The Hall–Kier alpha value is -1.60. The molecule has 0 spiro atoms. The van der Waals surface area contributed by atoms with E-state index in [1.165, 1.54) is 12.0 Å². The van der Waals surface area contributed by atoms with Gasteiger partial charge in [-0.3, -0.25) is 4.21 Å². The Morgan fingerprint density at radius 1 is 1.40 bits per heavy atom. The Bertz CT molecular complexity index is 630. The first-order valence-corrected chi connectivity index (χ1v) is 8.19. The Morgan fingerprint density at radius 2 is 2.25 bits per heavy atom. The van der Waals surface area contributed by atoms with Crippen LogP contribution in [0.25, 0.3) is 5.57 Å². The second-order valence-corrected chi connectivity index (χ2v) is 7.27. The highest BCUT2D eigenvalue weighted by Gasteiger charge is 2.33. The Labute approximate surface area is 121 Å². The van der Waals surface area contributed by atoms with Crippen molar-refractivity contribution in [2.24, 2.45) is 0 Å². The Morgan fingerprint density at radius 3 is 2.95 bits per heavy atom. The molecule has 2 bridgehead atoms. The van der Waals surface area contributed by atoms with Crippen LogP contribution in [-0.2, 0) is 10.8 Å².